The van der Waals surface area contributed by atoms with E-state index >= 15 is 0 Å². The average Bonchev–Trinajstić information content (AvgIpc) is 3.03. The van der Waals surface area contributed by atoms with Crippen molar-refractivity contribution in [3.8, 4) is 0 Å². The lowest BCUT2D eigenvalue weighted by atomic mass is 10.1. The van der Waals surface area contributed by atoms with E-state index in [-0.39, 0.29) is 17.2 Å². The first-order chi connectivity index (χ1) is 11.0. The van der Waals surface area contributed by atoms with Crippen molar-refractivity contribution >= 4 is 40.6 Å². The molecule has 2 aromatic rings. The topological polar surface area (TPSA) is 32.3 Å². The normalized spacial score (nSPS) is 13.8. The minimum Gasteiger partial charge on any atom is -0.353 e. The van der Waals surface area contributed by atoms with Crippen molar-refractivity contribution in [1.82, 2.24) is 10.2 Å². The van der Waals surface area contributed by atoms with Crippen molar-refractivity contribution in [3.05, 3.63) is 51.7 Å². The van der Waals surface area contributed by atoms with Gasteiger partial charge >= 0.3 is 0 Å². The van der Waals surface area contributed by atoms with Crippen LogP contribution in [0.2, 0.25) is 5.02 Å². The Kier molecular flexibility index (Phi) is 6.96. The number of nitrogens with zero attached hydrogens (tertiary/aromatic N) is 1. The molecular weight excluding hydrogens is 348 g/mol. The summed E-state index contributed by atoms with van der Waals surface area (Å²) in [4.78, 5) is 15.5. The second-order valence-corrected chi connectivity index (χ2v) is 8.13. The molecule has 0 radical (unpaired) electrons. The van der Waals surface area contributed by atoms with Crippen LogP contribution in [0.3, 0.4) is 0 Å². The maximum absolute atomic E-state index is 12.3. The predicted octanol–water partition coefficient (Wildman–Crippen LogP) is 4.30. The number of carbonyl (C=O) groups is 1. The number of rotatable bonds is 7. The van der Waals surface area contributed by atoms with Crippen molar-refractivity contribution in [2.24, 2.45) is 0 Å². The Bertz CT molecular complexity index is 614. The highest BCUT2D eigenvalue weighted by Crippen LogP contribution is 2.25. The number of thiophene rings is 1. The predicted molar refractivity (Wildman–Crippen MR) is 101 cm³/mol. The maximum atomic E-state index is 12.3. The van der Waals surface area contributed by atoms with Gasteiger partial charge in [-0.2, -0.15) is 11.3 Å². The first-order valence-electron chi connectivity index (χ1n) is 7.36. The Hall–Kier alpha value is -1.01. The van der Waals surface area contributed by atoms with Crippen LogP contribution in [0, 0.1) is 0 Å². The second-order valence-electron chi connectivity index (χ2n) is 5.50. The molecule has 1 aromatic carbocycles. The molecular formula is C17H21ClN2OS2. The van der Waals surface area contributed by atoms with E-state index in [1.807, 2.05) is 45.3 Å². The molecule has 0 saturated carbocycles. The summed E-state index contributed by atoms with van der Waals surface area (Å²) in [6.07, 6.45) is 0. The highest BCUT2D eigenvalue weighted by molar-refractivity contribution is 8.00. The molecule has 0 saturated heterocycles. The fourth-order valence-corrected chi connectivity index (χ4v) is 3.90. The molecule has 1 amide bonds. The molecule has 2 atom stereocenters. The maximum Gasteiger partial charge on any atom is 0.233 e. The van der Waals surface area contributed by atoms with Crippen molar-refractivity contribution < 1.29 is 4.79 Å². The largest absolute Gasteiger partial charge is 0.353 e. The molecule has 0 spiro atoms. The van der Waals surface area contributed by atoms with Gasteiger partial charge in [-0.05, 0) is 67.7 Å². The van der Waals surface area contributed by atoms with E-state index in [1.54, 1.807) is 11.3 Å². The van der Waals surface area contributed by atoms with Crippen LogP contribution in [-0.2, 0) is 4.79 Å². The van der Waals surface area contributed by atoms with E-state index in [0.717, 1.165) is 4.90 Å². The van der Waals surface area contributed by atoms with Crippen LogP contribution >= 0.6 is 34.7 Å². The molecule has 0 fully saturated rings. The van der Waals surface area contributed by atoms with E-state index in [1.165, 1.54) is 17.3 Å². The molecule has 1 N–H and O–H groups in total. The lowest BCUT2D eigenvalue weighted by Crippen LogP contribution is -2.37. The Morgan fingerprint density at radius 2 is 2.00 bits per heavy atom. The number of hydrogen-bond donors (Lipinski definition) is 1. The number of hydrogen-bond acceptors (Lipinski definition) is 4. The Labute approximate surface area is 151 Å². The quantitative estimate of drug-likeness (QED) is 0.739. The monoisotopic (exact) mass is 368 g/mol. The van der Waals surface area contributed by atoms with E-state index in [9.17, 15) is 4.79 Å². The smallest absolute Gasteiger partial charge is 0.233 e. The van der Waals surface area contributed by atoms with Gasteiger partial charge in [0.2, 0.25) is 5.91 Å². The summed E-state index contributed by atoms with van der Waals surface area (Å²) in [5, 5.41) is 7.80. The van der Waals surface area contributed by atoms with Gasteiger partial charge in [0, 0.05) is 16.5 Å². The SMILES string of the molecule is C[C@H](Sc1ccc(Cl)cc1)C(=O)NC[C@H](c1ccsc1)N(C)C. The van der Waals surface area contributed by atoms with Gasteiger partial charge in [-0.3, -0.25) is 4.79 Å². The summed E-state index contributed by atoms with van der Waals surface area (Å²) in [7, 11) is 4.06. The number of thioether (sulfide) groups is 1. The second kappa shape index (κ2) is 8.73. The van der Waals surface area contributed by atoms with E-state index < -0.39 is 0 Å². The summed E-state index contributed by atoms with van der Waals surface area (Å²) in [5.74, 6) is 0.0482. The zero-order chi connectivity index (χ0) is 16.8. The standard InChI is InChI=1S/C17H21ClN2OS2/c1-12(23-15-6-4-14(18)5-7-15)17(21)19-10-16(20(2)3)13-8-9-22-11-13/h4-9,11-12,16H,10H2,1-3H3,(H,19,21)/t12-,16+/m0/s1. The zero-order valence-electron chi connectivity index (χ0n) is 13.5. The molecule has 0 aliphatic carbocycles. The van der Waals surface area contributed by atoms with Gasteiger partial charge in [-0.15, -0.1) is 11.8 Å². The van der Waals surface area contributed by atoms with Crippen molar-refractivity contribution in [3.63, 3.8) is 0 Å². The van der Waals surface area contributed by atoms with Gasteiger partial charge in [-0.25, -0.2) is 0 Å². The number of likely N-dealkylation sites (N-methyl/N-ethyl adjacent to an activating group) is 1. The molecule has 6 heteroatoms. The molecule has 0 aliphatic rings. The van der Waals surface area contributed by atoms with Crippen molar-refractivity contribution in [2.45, 2.75) is 23.1 Å². The van der Waals surface area contributed by atoms with Crippen LogP contribution in [0.4, 0.5) is 0 Å². The van der Waals surface area contributed by atoms with Crippen LogP contribution in [0.15, 0.2) is 46.0 Å². The highest BCUT2D eigenvalue weighted by atomic mass is 35.5. The fourth-order valence-electron chi connectivity index (χ4n) is 2.17. The van der Waals surface area contributed by atoms with Gasteiger partial charge in [0.15, 0.2) is 0 Å². The minimum absolute atomic E-state index is 0.0482. The van der Waals surface area contributed by atoms with Crippen LogP contribution in [0.25, 0.3) is 0 Å². The third-order valence-electron chi connectivity index (χ3n) is 3.52. The number of nitrogens with one attached hydrogen (secondary N) is 1. The fraction of sp³-hybridized carbons (Fsp3) is 0.353. The van der Waals surface area contributed by atoms with E-state index in [2.05, 4.69) is 27.0 Å². The first-order valence-corrected chi connectivity index (χ1v) is 9.56. The third kappa shape index (κ3) is 5.53. The van der Waals surface area contributed by atoms with Gasteiger partial charge in [0.05, 0.1) is 11.3 Å². The van der Waals surface area contributed by atoms with Crippen LogP contribution in [0.1, 0.15) is 18.5 Å². The van der Waals surface area contributed by atoms with Crippen LogP contribution in [0.5, 0.6) is 0 Å². The Morgan fingerprint density at radius 3 is 2.57 bits per heavy atom. The summed E-state index contributed by atoms with van der Waals surface area (Å²) in [5.41, 5.74) is 1.23. The summed E-state index contributed by atoms with van der Waals surface area (Å²) >= 11 is 9.09. The molecule has 0 unspecified atom stereocenters. The Balaban J connectivity index is 1.88. The lowest BCUT2D eigenvalue weighted by Gasteiger charge is -2.24. The van der Waals surface area contributed by atoms with Gasteiger partial charge in [-0.1, -0.05) is 11.6 Å². The van der Waals surface area contributed by atoms with Gasteiger partial charge < -0.3 is 10.2 Å². The molecule has 0 bridgehead atoms. The van der Waals surface area contributed by atoms with E-state index in [4.69, 9.17) is 11.6 Å². The van der Waals surface area contributed by atoms with Crippen LogP contribution in [-0.4, -0.2) is 36.7 Å². The minimum atomic E-state index is -0.151. The summed E-state index contributed by atoms with van der Waals surface area (Å²) in [6.45, 7) is 2.53. The third-order valence-corrected chi connectivity index (χ3v) is 5.58. The lowest BCUT2D eigenvalue weighted by molar-refractivity contribution is -0.120. The number of halogens is 1. The van der Waals surface area contributed by atoms with Gasteiger partial charge in [0.25, 0.3) is 0 Å². The summed E-state index contributed by atoms with van der Waals surface area (Å²) in [6, 6.07) is 9.85. The molecule has 1 heterocycles. The highest BCUT2D eigenvalue weighted by Gasteiger charge is 2.19. The Morgan fingerprint density at radius 1 is 1.30 bits per heavy atom. The molecule has 124 valence electrons. The number of amides is 1. The molecule has 2 rings (SSSR count). The molecule has 0 aliphatic heterocycles. The summed E-state index contributed by atoms with van der Waals surface area (Å²) < 4.78 is 0. The van der Waals surface area contributed by atoms with Crippen molar-refractivity contribution in [2.75, 3.05) is 20.6 Å². The molecule has 1 aromatic heterocycles. The zero-order valence-corrected chi connectivity index (χ0v) is 15.8. The van der Waals surface area contributed by atoms with Crippen molar-refractivity contribution in [1.29, 1.82) is 0 Å². The molecule has 23 heavy (non-hydrogen) atoms. The number of carbonyl (C=O) groups excluding carboxylic acids is 1. The van der Waals surface area contributed by atoms with Crippen LogP contribution < -0.4 is 5.32 Å². The first kappa shape index (κ1) is 18.3. The van der Waals surface area contributed by atoms with Gasteiger partial charge in [0.1, 0.15) is 0 Å². The van der Waals surface area contributed by atoms with E-state index in [0.29, 0.717) is 11.6 Å². The average molecular weight is 369 g/mol. The number of benzene rings is 1. The molecule has 3 nitrogen and oxygen atoms in total.